The fourth-order valence-corrected chi connectivity index (χ4v) is 2.83. The quantitative estimate of drug-likeness (QED) is 0.551. The van der Waals surface area contributed by atoms with E-state index >= 15 is 0 Å². The number of aliphatic carboxylic acids is 1. The van der Waals surface area contributed by atoms with Gasteiger partial charge in [0.05, 0.1) is 12.7 Å². The molecule has 2 amide bonds. The zero-order chi connectivity index (χ0) is 22.1. The molecule has 7 heteroatoms. The Balaban J connectivity index is 2.33. The van der Waals surface area contributed by atoms with Crippen molar-refractivity contribution in [3.8, 4) is 5.75 Å². The molecule has 158 valence electrons. The average molecular weight is 410 g/mol. The van der Waals surface area contributed by atoms with Gasteiger partial charge in [-0.25, -0.2) is 4.79 Å². The van der Waals surface area contributed by atoms with Crippen LogP contribution in [-0.2, 0) is 9.59 Å². The molecule has 0 aliphatic heterocycles. The molecule has 30 heavy (non-hydrogen) atoms. The van der Waals surface area contributed by atoms with Crippen LogP contribution in [0.4, 0.5) is 0 Å². The second-order valence-corrected chi connectivity index (χ2v) is 7.12. The van der Waals surface area contributed by atoms with E-state index in [1.807, 2.05) is 19.9 Å². The van der Waals surface area contributed by atoms with Gasteiger partial charge in [-0.2, -0.15) is 0 Å². The highest BCUT2D eigenvalue weighted by molar-refractivity contribution is 6.07. The fraction of sp³-hybridized carbons (Fsp3) is 0.261. The third kappa shape index (κ3) is 6.48. The summed E-state index contributed by atoms with van der Waals surface area (Å²) < 4.78 is 5.21. The molecule has 2 aromatic carbocycles. The van der Waals surface area contributed by atoms with Crippen LogP contribution in [-0.4, -0.2) is 36.0 Å². The maximum Gasteiger partial charge on any atom is 0.326 e. The molecule has 0 saturated heterocycles. The number of carbonyl (C=O) groups excluding carboxylic acids is 2. The monoisotopic (exact) mass is 410 g/mol. The lowest BCUT2D eigenvalue weighted by Gasteiger charge is -2.18. The topological polar surface area (TPSA) is 105 Å². The van der Waals surface area contributed by atoms with Crippen LogP contribution in [0.1, 0.15) is 36.2 Å². The number of carbonyl (C=O) groups is 3. The van der Waals surface area contributed by atoms with E-state index in [0.717, 1.165) is 0 Å². The SMILES string of the molecule is COc1ccccc1C(=O)NC(=Cc1ccccc1)C(=O)NC(CC(C)C)C(=O)O. The Morgan fingerprint density at radius 1 is 1.03 bits per heavy atom. The third-order valence-corrected chi connectivity index (χ3v) is 4.27. The van der Waals surface area contributed by atoms with E-state index in [9.17, 15) is 19.5 Å². The first kappa shape index (κ1) is 22.7. The molecule has 0 fully saturated rings. The van der Waals surface area contributed by atoms with Crippen molar-refractivity contribution in [2.45, 2.75) is 26.3 Å². The van der Waals surface area contributed by atoms with E-state index in [0.29, 0.717) is 11.3 Å². The number of benzene rings is 2. The summed E-state index contributed by atoms with van der Waals surface area (Å²) in [5.41, 5.74) is 0.870. The van der Waals surface area contributed by atoms with E-state index in [1.165, 1.54) is 13.2 Å². The number of nitrogens with one attached hydrogen (secondary N) is 2. The van der Waals surface area contributed by atoms with Crippen molar-refractivity contribution in [1.82, 2.24) is 10.6 Å². The summed E-state index contributed by atoms with van der Waals surface area (Å²) in [7, 11) is 1.45. The predicted octanol–water partition coefficient (Wildman–Crippen LogP) is 3.08. The largest absolute Gasteiger partial charge is 0.496 e. The van der Waals surface area contributed by atoms with Crippen molar-refractivity contribution in [1.29, 1.82) is 0 Å². The summed E-state index contributed by atoms with van der Waals surface area (Å²) in [4.78, 5) is 37.2. The number of methoxy groups -OCH3 is 1. The number of rotatable bonds is 9. The van der Waals surface area contributed by atoms with E-state index in [4.69, 9.17) is 4.74 Å². The second-order valence-electron chi connectivity index (χ2n) is 7.12. The summed E-state index contributed by atoms with van der Waals surface area (Å²) >= 11 is 0. The van der Waals surface area contributed by atoms with E-state index in [-0.39, 0.29) is 23.6 Å². The van der Waals surface area contributed by atoms with Gasteiger partial charge in [-0.15, -0.1) is 0 Å². The molecule has 0 aromatic heterocycles. The molecular weight excluding hydrogens is 384 g/mol. The number of carboxylic acid groups (broad SMARTS) is 1. The van der Waals surface area contributed by atoms with E-state index in [2.05, 4.69) is 10.6 Å². The minimum Gasteiger partial charge on any atom is -0.496 e. The molecule has 1 unspecified atom stereocenters. The lowest BCUT2D eigenvalue weighted by atomic mass is 10.0. The predicted molar refractivity (Wildman–Crippen MR) is 114 cm³/mol. The van der Waals surface area contributed by atoms with Gasteiger partial charge in [0.1, 0.15) is 17.5 Å². The summed E-state index contributed by atoms with van der Waals surface area (Å²) in [6, 6.07) is 14.5. The van der Waals surface area contributed by atoms with Crippen LogP contribution in [0.2, 0.25) is 0 Å². The molecule has 0 heterocycles. The summed E-state index contributed by atoms with van der Waals surface area (Å²) in [5, 5.41) is 14.5. The molecule has 7 nitrogen and oxygen atoms in total. The molecule has 2 aromatic rings. The van der Waals surface area contributed by atoms with Gasteiger partial charge in [-0.05, 0) is 36.1 Å². The number of hydrogen-bond acceptors (Lipinski definition) is 4. The van der Waals surface area contributed by atoms with Crippen LogP contribution in [0.25, 0.3) is 6.08 Å². The Kier molecular flexibility index (Phi) is 8.17. The number of amides is 2. The Labute approximate surface area is 175 Å². The minimum atomic E-state index is -1.13. The highest BCUT2D eigenvalue weighted by Gasteiger charge is 2.24. The zero-order valence-electron chi connectivity index (χ0n) is 17.2. The molecule has 0 radical (unpaired) electrons. The van der Waals surface area contributed by atoms with Crippen molar-refractivity contribution in [2.24, 2.45) is 5.92 Å². The molecule has 2 rings (SSSR count). The van der Waals surface area contributed by atoms with Crippen molar-refractivity contribution < 1.29 is 24.2 Å². The number of ether oxygens (including phenoxy) is 1. The van der Waals surface area contributed by atoms with Gasteiger partial charge in [-0.3, -0.25) is 9.59 Å². The first-order valence-corrected chi connectivity index (χ1v) is 9.56. The molecule has 3 N–H and O–H groups in total. The summed E-state index contributed by atoms with van der Waals surface area (Å²) in [5.74, 6) is -1.93. The van der Waals surface area contributed by atoms with Crippen LogP contribution >= 0.6 is 0 Å². The minimum absolute atomic E-state index is 0.0629. The maximum atomic E-state index is 12.9. The van der Waals surface area contributed by atoms with Gasteiger partial charge < -0.3 is 20.5 Å². The second kappa shape index (κ2) is 10.8. The molecule has 0 bridgehead atoms. The first-order valence-electron chi connectivity index (χ1n) is 9.56. The number of carboxylic acids is 1. The number of para-hydroxylation sites is 1. The van der Waals surface area contributed by atoms with Crippen LogP contribution < -0.4 is 15.4 Å². The fourth-order valence-electron chi connectivity index (χ4n) is 2.83. The first-order chi connectivity index (χ1) is 14.3. The highest BCUT2D eigenvalue weighted by Crippen LogP contribution is 2.18. The molecule has 0 aliphatic carbocycles. The van der Waals surface area contributed by atoms with Gasteiger partial charge in [0.15, 0.2) is 0 Å². The maximum absolute atomic E-state index is 12.9. The molecule has 0 spiro atoms. The smallest absolute Gasteiger partial charge is 0.326 e. The van der Waals surface area contributed by atoms with Gasteiger partial charge in [0, 0.05) is 0 Å². The molecule has 0 aliphatic rings. The van der Waals surface area contributed by atoms with Gasteiger partial charge >= 0.3 is 5.97 Å². The lowest BCUT2D eigenvalue weighted by molar-refractivity contribution is -0.141. The standard InChI is InChI=1S/C23H26N2O5/c1-15(2)13-19(23(28)29)25-22(27)18(14-16-9-5-4-6-10-16)24-21(26)17-11-7-8-12-20(17)30-3/h4-12,14-15,19H,13H2,1-3H3,(H,24,26)(H,25,27)(H,28,29). The van der Waals surface area contributed by atoms with E-state index < -0.39 is 23.8 Å². The highest BCUT2D eigenvalue weighted by atomic mass is 16.5. The Bertz CT molecular complexity index is 922. The summed E-state index contributed by atoms with van der Waals surface area (Å²) in [6.07, 6.45) is 1.76. The third-order valence-electron chi connectivity index (χ3n) is 4.27. The van der Waals surface area contributed by atoms with Crippen LogP contribution in [0, 0.1) is 5.92 Å². The van der Waals surface area contributed by atoms with Crippen LogP contribution in [0.3, 0.4) is 0 Å². The molecule has 1 atom stereocenters. The Morgan fingerprint density at radius 2 is 1.67 bits per heavy atom. The zero-order valence-corrected chi connectivity index (χ0v) is 17.2. The lowest BCUT2D eigenvalue weighted by Crippen LogP contribution is -2.45. The van der Waals surface area contributed by atoms with Crippen molar-refractivity contribution >= 4 is 23.9 Å². The normalized spacial score (nSPS) is 12.2. The van der Waals surface area contributed by atoms with Crippen molar-refractivity contribution in [3.05, 3.63) is 71.4 Å². The molecular formula is C23H26N2O5. The van der Waals surface area contributed by atoms with Crippen LogP contribution in [0.15, 0.2) is 60.3 Å². The summed E-state index contributed by atoms with van der Waals surface area (Å²) in [6.45, 7) is 3.73. The number of hydrogen-bond donors (Lipinski definition) is 3. The van der Waals surface area contributed by atoms with E-state index in [1.54, 1.807) is 48.5 Å². The molecule has 0 saturated carbocycles. The van der Waals surface area contributed by atoms with Crippen LogP contribution in [0.5, 0.6) is 5.75 Å². The van der Waals surface area contributed by atoms with Gasteiger partial charge in [-0.1, -0.05) is 56.3 Å². The van der Waals surface area contributed by atoms with Gasteiger partial charge in [0.2, 0.25) is 0 Å². The Morgan fingerprint density at radius 3 is 2.27 bits per heavy atom. The van der Waals surface area contributed by atoms with Gasteiger partial charge in [0.25, 0.3) is 11.8 Å². The Hall–Kier alpha value is -3.61. The van der Waals surface area contributed by atoms with Crippen molar-refractivity contribution in [3.63, 3.8) is 0 Å². The average Bonchev–Trinajstić information content (AvgIpc) is 2.72. The van der Waals surface area contributed by atoms with Crippen molar-refractivity contribution in [2.75, 3.05) is 7.11 Å².